The van der Waals surface area contributed by atoms with Gasteiger partial charge in [-0.25, -0.2) is 8.42 Å². The van der Waals surface area contributed by atoms with E-state index in [1.165, 1.54) is 33.3 Å². The van der Waals surface area contributed by atoms with E-state index in [1.807, 2.05) is 0 Å². The number of nitrogens with one attached hydrogen (secondary N) is 1. The number of hydrogen-bond donors (Lipinski definition) is 1. The SMILES string of the molecule is CN(C1CCCCC1)S(=O)(=O)c1ccc(NC(=O)c2ccn(C)c(=O)c2)cc1. The molecule has 8 heteroatoms. The minimum atomic E-state index is -3.57. The summed E-state index contributed by atoms with van der Waals surface area (Å²) in [6, 6.07) is 8.95. The van der Waals surface area contributed by atoms with Crippen LogP contribution in [0.4, 0.5) is 5.69 Å². The fourth-order valence-corrected chi connectivity index (χ4v) is 4.83. The summed E-state index contributed by atoms with van der Waals surface area (Å²) in [5, 5.41) is 2.68. The van der Waals surface area contributed by atoms with Crippen LogP contribution in [0.2, 0.25) is 0 Å². The molecule has 1 saturated carbocycles. The minimum Gasteiger partial charge on any atom is -0.322 e. The lowest BCUT2D eigenvalue weighted by atomic mass is 9.96. The number of anilines is 1. The molecule has 3 rings (SSSR count). The average molecular weight is 404 g/mol. The van der Waals surface area contributed by atoms with Crippen molar-refractivity contribution in [1.29, 1.82) is 0 Å². The van der Waals surface area contributed by atoms with E-state index in [4.69, 9.17) is 0 Å². The highest BCUT2D eigenvalue weighted by molar-refractivity contribution is 7.89. The molecule has 7 nitrogen and oxygen atoms in total. The number of nitrogens with zero attached hydrogens (tertiary/aromatic N) is 2. The van der Waals surface area contributed by atoms with Crippen molar-refractivity contribution in [3.8, 4) is 0 Å². The maximum atomic E-state index is 12.9. The van der Waals surface area contributed by atoms with Gasteiger partial charge in [0.2, 0.25) is 10.0 Å². The van der Waals surface area contributed by atoms with E-state index < -0.39 is 15.9 Å². The van der Waals surface area contributed by atoms with E-state index in [1.54, 1.807) is 32.3 Å². The molecule has 0 aliphatic heterocycles. The predicted molar refractivity (Wildman–Crippen MR) is 108 cm³/mol. The smallest absolute Gasteiger partial charge is 0.255 e. The number of carbonyl (C=O) groups excluding carboxylic acids is 1. The van der Waals surface area contributed by atoms with Crippen molar-refractivity contribution in [3.05, 3.63) is 58.5 Å². The Labute approximate surface area is 165 Å². The summed E-state index contributed by atoms with van der Waals surface area (Å²) in [4.78, 5) is 24.1. The number of hydrogen-bond acceptors (Lipinski definition) is 4. The maximum absolute atomic E-state index is 12.9. The van der Waals surface area contributed by atoms with Gasteiger partial charge >= 0.3 is 0 Å². The molecule has 1 aromatic carbocycles. The molecule has 1 aliphatic rings. The van der Waals surface area contributed by atoms with E-state index in [-0.39, 0.29) is 22.1 Å². The molecule has 0 saturated heterocycles. The molecular formula is C20H25N3O4S. The monoisotopic (exact) mass is 403 g/mol. The summed E-state index contributed by atoms with van der Waals surface area (Å²) in [7, 11) is -0.329. The van der Waals surface area contributed by atoms with Crippen molar-refractivity contribution in [2.45, 2.75) is 43.0 Å². The molecule has 1 N–H and O–H groups in total. The zero-order chi connectivity index (χ0) is 20.3. The highest BCUT2D eigenvalue weighted by Crippen LogP contribution is 2.27. The van der Waals surface area contributed by atoms with Gasteiger partial charge in [-0.15, -0.1) is 0 Å². The summed E-state index contributed by atoms with van der Waals surface area (Å²) in [5.74, 6) is -0.423. The first-order valence-corrected chi connectivity index (χ1v) is 10.8. The largest absolute Gasteiger partial charge is 0.322 e. The van der Waals surface area contributed by atoms with Crippen LogP contribution >= 0.6 is 0 Å². The van der Waals surface area contributed by atoms with Crippen LogP contribution in [0.25, 0.3) is 0 Å². The molecule has 28 heavy (non-hydrogen) atoms. The number of rotatable bonds is 5. The number of sulfonamides is 1. The molecule has 0 spiro atoms. The van der Waals surface area contributed by atoms with Crippen LogP contribution in [0.3, 0.4) is 0 Å². The van der Waals surface area contributed by atoms with Crippen LogP contribution in [-0.2, 0) is 17.1 Å². The van der Waals surface area contributed by atoms with E-state index >= 15 is 0 Å². The van der Waals surface area contributed by atoms with Crippen LogP contribution in [0.5, 0.6) is 0 Å². The van der Waals surface area contributed by atoms with Crippen molar-refractivity contribution in [3.63, 3.8) is 0 Å². The Morgan fingerprint density at radius 3 is 2.36 bits per heavy atom. The molecule has 1 fully saturated rings. The second kappa shape index (κ2) is 8.28. The Morgan fingerprint density at radius 2 is 1.75 bits per heavy atom. The van der Waals surface area contributed by atoms with Crippen LogP contribution in [0, 0.1) is 0 Å². The van der Waals surface area contributed by atoms with Crippen LogP contribution in [0.1, 0.15) is 42.5 Å². The predicted octanol–water partition coefficient (Wildman–Crippen LogP) is 2.59. The number of carbonyl (C=O) groups is 1. The minimum absolute atomic E-state index is 0.0406. The molecule has 0 bridgehead atoms. The first-order chi connectivity index (χ1) is 13.3. The Bertz CT molecular complexity index is 1010. The van der Waals surface area contributed by atoms with Crippen LogP contribution in [0.15, 0.2) is 52.3 Å². The van der Waals surface area contributed by atoms with Gasteiger partial charge in [0.05, 0.1) is 4.90 Å². The highest BCUT2D eigenvalue weighted by Gasteiger charge is 2.28. The number of pyridine rings is 1. The molecule has 1 aliphatic carbocycles. The second-order valence-electron chi connectivity index (χ2n) is 7.16. The molecular weight excluding hydrogens is 378 g/mol. The van der Waals surface area contributed by atoms with Crippen molar-refractivity contribution >= 4 is 21.6 Å². The zero-order valence-corrected chi connectivity index (χ0v) is 16.9. The fraction of sp³-hybridized carbons (Fsp3) is 0.400. The number of amides is 1. The second-order valence-corrected chi connectivity index (χ2v) is 9.15. The molecule has 0 unspecified atom stereocenters. The topological polar surface area (TPSA) is 88.5 Å². The summed E-state index contributed by atoms with van der Waals surface area (Å²) >= 11 is 0. The van der Waals surface area contributed by atoms with Crippen molar-refractivity contribution in [2.75, 3.05) is 12.4 Å². The molecule has 2 aromatic rings. The van der Waals surface area contributed by atoms with E-state index in [0.717, 1.165) is 32.1 Å². The van der Waals surface area contributed by atoms with Gasteiger partial charge in [0.25, 0.3) is 11.5 Å². The summed E-state index contributed by atoms with van der Waals surface area (Å²) in [6.45, 7) is 0. The standard InChI is InChI=1S/C20H25N3O4S/c1-22-13-12-15(14-19(22)24)20(25)21-16-8-10-18(11-9-16)28(26,27)23(2)17-6-4-3-5-7-17/h8-14,17H,3-7H2,1-2H3,(H,21,25). The lowest BCUT2D eigenvalue weighted by molar-refractivity contribution is 0.102. The van der Waals surface area contributed by atoms with Crippen molar-refractivity contribution < 1.29 is 13.2 Å². The van der Waals surface area contributed by atoms with Gasteiger partial charge in [-0.1, -0.05) is 19.3 Å². The molecule has 150 valence electrons. The van der Waals surface area contributed by atoms with Gasteiger partial charge in [0, 0.05) is 43.7 Å². The lowest BCUT2D eigenvalue weighted by Gasteiger charge is -2.30. The lowest BCUT2D eigenvalue weighted by Crippen LogP contribution is -2.38. The van der Waals surface area contributed by atoms with Crippen LogP contribution in [-0.4, -0.2) is 36.3 Å². The normalized spacial score (nSPS) is 15.5. The number of aryl methyl sites for hydroxylation is 1. The van der Waals surface area contributed by atoms with Crippen molar-refractivity contribution in [1.82, 2.24) is 8.87 Å². The third-order valence-corrected chi connectivity index (χ3v) is 7.17. The third kappa shape index (κ3) is 4.34. The Balaban J connectivity index is 1.72. The summed E-state index contributed by atoms with van der Waals surface area (Å²) in [6.07, 6.45) is 6.57. The number of benzene rings is 1. The first-order valence-electron chi connectivity index (χ1n) is 9.35. The van der Waals surface area contributed by atoms with Gasteiger partial charge in [-0.3, -0.25) is 9.59 Å². The third-order valence-electron chi connectivity index (χ3n) is 5.24. The fourth-order valence-electron chi connectivity index (χ4n) is 3.41. The Kier molecular flexibility index (Phi) is 6.00. The zero-order valence-electron chi connectivity index (χ0n) is 16.1. The van der Waals surface area contributed by atoms with E-state index in [9.17, 15) is 18.0 Å². The molecule has 1 heterocycles. The van der Waals surface area contributed by atoms with Crippen LogP contribution < -0.4 is 10.9 Å². The van der Waals surface area contributed by atoms with Gasteiger partial charge in [-0.2, -0.15) is 4.31 Å². The molecule has 0 radical (unpaired) electrons. The average Bonchev–Trinajstić information content (AvgIpc) is 2.70. The Morgan fingerprint density at radius 1 is 1.11 bits per heavy atom. The molecule has 1 amide bonds. The quantitative estimate of drug-likeness (QED) is 0.831. The molecule has 0 atom stereocenters. The Hall–Kier alpha value is -2.45. The molecule has 1 aromatic heterocycles. The van der Waals surface area contributed by atoms with Gasteiger partial charge in [0.15, 0.2) is 0 Å². The van der Waals surface area contributed by atoms with E-state index in [0.29, 0.717) is 5.69 Å². The van der Waals surface area contributed by atoms with Gasteiger partial charge in [0.1, 0.15) is 0 Å². The summed E-state index contributed by atoms with van der Waals surface area (Å²) in [5.41, 5.74) is 0.432. The van der Waals surface area contributed by atoms with Gasteiger partial charge < -0.3 is 9.88 Å². The highest BCUT2D eigenvalue weighted by atomic mass is 32.2. The summed E-state index contributed by atoms with van der Waals surface area (Å²) < 4.78 is 28.6. The van der Waals surface area contributed by atoms with Gasteiger partial charge in [-0.05, 0) is 43.2 Å². The maximum Gasteiger partial charge on any atom is 0.255 e. The van der Waals surface area contributed by atoms with E-state index in [2.05, 4.69) is 5.32 Å². The van der Waals surface area contributed by atoms with Crippen molar-refractivity contribution in [2.24, 2.45) is 7.05 Å². The first kappa shape index (κ1) is 20.3. The number of aromatic nitrogens is 1.